The minimum absolute atomic E-state index is 0.108. The number of hydrogen-bond donors (Lipinski definition) is 3. The number of rotatable bonds is 7. The molecule has 0 spiro atoms. The van der Waals surface area contributed by atoms with Crippen molar-refractivity contribution in [3.63, 3.8) is 0 Å². The molecule has 7 nitrogen and oxygen atoms in total. The highest BCUT2D eigenvalue weighted by molar-refractivity contribution is 5.89. The smallest absolute Gasteiger partial charge is 0.284 e. The van der Waals surface area contributed by atoms with E-state index >= 15 is 0 Å². The highest BCUT2D eigenvalue weighted by atomic mass is 19.1. The van der Waals surface area contributed by atoms with Gasteiger partial charge in [-0.05, 0) is 31.2 Å². The third-order valence-corrected chi connectivity index (χ3v) is 3.25. The molecule has 1 heterocycles. The maximum atomic E-state index is 13.1. The number of hydrogen-bond acceptors (Lipinski definition) is 4. The van der Waals surface area contributed by atoms with Gasteiger partial charge in [0.25, 0.3) is 5.91 Å². The summed E-state index contributed by atoms with van der Waals surface area (Å²) in [6.45, 7) is 2.66. The van der Waals surface area contributed by atoms with Gasteiger partial charge < -0.3 is 25.5 Å². The van der Waals surface area contributed by atoms with E-state index in [0.717, 1.165) is 0 Å². The van der Waals surface area contributed by atoms with Gasteiger partial charge >= 0.3 is 0 Å². The Labute approximate surface area is 145 Å². The molecule has 0 saturated carbocycles. The second kappa shape index (κ2) is 8.72. The Bertz CT molecular complexity index is 745. The van der Waals surface area contributed by atoms with Crippen LogP contribution in [0.5, 0.6) is 5.75 Å². The molecule has 1 amide bonds. The lowest BCUT2D eigenvalue weighted by Crippen LogP contribution is -2.41. The van der Waals surface area contributed by atoms with Crippen LogP contribution in [0, 0.1) is 5.82 Å². The number of furan rings is 1. The number of carbonyl (C=O) groups excluding carboxylic acids is 1. The molecule has 8 heteroatoms. The zero-order chi connectivity index (χ0) is 18.2. The Morgan fingerprint density at radius 1 is 1.36 bits per heavy atom. The zero-order valence-electron chi connectivity index (χ0n) is 14.1. The van der Waals surface area contributed by atoms with Crippen LogP contribution in [0.3, 0.4) is 0 Å². The first kappa shape index (κ1) is 18.3. The van der Waals surface area contributed by atoms with Crippen LogP contribution in [0.25, 0.3) is 0 Å². The first-order valence-corrected chi connectivity index (χ1v) is 7.73. The Hall–Kier alpha value is -3.03. The molecule has 0 bridgehead atoms. The van der Waals surface area contributed by atoms with Gasteiger partial charge in [-0.25, -0.2) is 4.39 Å². The number of nitrogens with one attached hydrogen (secondary N) is 2. The molecule has 0 aliphatic rings. The van der Waals surface area contributed by atoms with Crippen molar-refractivity contribution in [2.24, 2.45) is 10.7 Å². The lowest BCUT2D eigenvalue weighted by atomic mass is 10.3. The summed E-state index contributed by atoms with van der Waals surface area (Å²) in [7, 11) is 1.63. The van der Waals surface area contributed by atoms with E-state index in [1.54, 1.807) is 25.2 Å². The molecule has 0 radical (unpaired) electrons. The lowest BCUT2D eigenvalue weighted by Gasteiger charge is -2.17. The zero-order valence-corrected chi connectivity index (χ0v) is 14.1. The van der Waals surface area contributed by atoms with Crippen molar-refractivity contribution in [2.45, 2.75) is 19.6 Å². The third kappa shape index (κ3) is 5.83. The van der Waals surface area contributed by atoms with E-state index in [-0.39, 0.29) is 17.7 Å². The summed E-state index contributed by atoms with van der Waals surface area (Å²) in [5.41, 5.74) is 5.14. The first-order valence-electron chi connectivity index (χ1n) is 7.73. The Kier molecular flexibility index (Phi) is 6.39. The average Bonchev–Trinajstić information content (AvgIpc) is 3.04. The number of carbonyl (C=O) groups is 1. The Morgan fingerprint density at radius 3 is 2.80 bits per heavy atom. The van der Waals surface area contributed by atoms with Crippen molar-refractivity contribution in [3.8, 4) is 5.75 Å². The summed E-state index contributed by atoms with van der Waals surface area (Å²) in [5, 5.41) is 6.13. The number of primary amides is 1. The van der Waals surface area contributed by atoms with Crippen LogP contribution in [0.1, 0.15) is 23.2 Å². The minimum atomic E-state index is -0.614. The molecular formula is C17H21FN4O3. The second-order valence-corrected chi connectivity index (χ2v) is 5.32. The number of amides is 1. The number of halogens is 1. The van der Waals surface area contributed by atoms with Gasteiger partial charge in [-0.2, -0.15) is 0 Å². The fourth-order valence-electron chi connectivity index (χ4n) is 2.05. The molecule has 25 heavy (non-hydrogen) atoms. The van der Waals surface area contributed by atoms with Gasteiger partial charge in [-0.1, -0.05) is 6.07 Å². The Morgan fingerprint density at radius 2 is 2.16 bits per heavy atom. The van der Waals surface area contributed by atoms with E-state index in [1.165, 1.54) is 18.2 Å². The molecule has 0 aliphatic carbocycles. The predicted octanol–water partition coefficient (Wildman–Crippen LogP) is 1.65. The second-order valence-electron chi connectivity index (χ2n) is 5.32. The molecule has 2 rings (SSSR count). The van der Waals surface area contributed by atoms with Crippen molar-refractivity contribution >= 4 is 11.9 Å². The van der Waals surface area contributed by atoms with Crippen LogP contribution in [0.2, 0.25) is 0 Å². The van der Waals surface area contributed by atoms with Crippen LogP contribution in [-0.4, -0.2) is 31.6 Å². The van der Waals surface area contributed by atoms with Crippen LogP contribution in [0.4, 0.5) is 4.39 Å². The minimum Gasteiger partial charge on any atom is -0.489 e. The molecule has 1 aromatic carbocycles. The molecule has 134 valence electrons. The number of aliphatic imine (C=N–C) groups is 1. The number of benzene rings is 1. The molecule has 1 aromatic heterocycles. The van der Waals surface area contributed by atoms with Crippen molar-refractivity contribution in [1.82, 2.24) is 10.6 Å². The van der Waals surface area contributed by atoms with Crippen molar-refractivity contribution in [2.75, 3.05) is 13.6 Å². The van der Waals surface area contributed by atoms with E-state index in [1.807, 2.05) is 6.92 Å². The SMILES string of the molecule is CN=C(NCc1ccc(C(N)=O)o1)NCC(C)Oc1cccc(F)c1. The van der Waals surface area contributed by atoms with Gasteiger partial charge in [0.05, 0.1) is 13.1 Å². The summed E-state index contributed by atoms with van der Waals surface area (Å²) in [5.74, 6) is 0.706. The van der Waals surface area contributed by atoms with Crippen molar-refractivity contribution in [1.29, 1.82) is 0 Å². The average molecular weight is 348 g/mol. The van der Waals surface area contributed by atoms with Gasteiger partial charge in [0.2, 0.25) is 0 Å². The molecule has 2 aromatic rings. The normalized spacial score (nSPS) is 12.5. The first-order chi connectivity index (χ1) is 12.0. The van der Waals surface area contributed by atoms with Gasteiger partial charge in [-0.15, -0.1) is 0 Å². The van der Waals surface area contributed by atoms with Crippen molar-refractivity contribution < 1.29 is 18.3 Å². The predicted molar refractivity (Wildman–Crippen MR) is 91.9 cm³/mol. The van der Waals surface area contributed by atoms with Crippen molar-refractivity contribution in [3.05, 3.63) is 53.7 Å². The fourth-order valence-corrected chi connectivity index (χ4v) is 2.05. The molecular weight excluding hydrogens is 327 g/mol. The molecule has 0 aliphatic heterocycles. The monoisotopic (exact) mass is 348 g/mol. The number of nitrogens with two attached hydrogens (primary N) is 1. The molecule has 0 saturated heterocycles. The highest BCUT2D eigenvalue weighted by Crippen LogP contribution is 2.13. The summed E-state index contributed by atoms with van der Waals surface area (Å²) in [6.07, 6.45) is -0.203. The van der Waals surface area contributed by atoms with Crippen LogP contribution < -0.4 is 21.1 Å². The van der Waals surface area contributed by atoms with E-state index in [2.05, 4.69) is 15.6 Å². The summed E-state index contributed by atoms with van der Waals surface area (Å²) < 4.78 is 24.0. The molecule has 0 fully saturated rings. The van der Waals surface area contributed by atoms with Gasteiger partial charge in [0.1, 0.15) is 23.4 Å². The van der Waals surface area contributed by atoms with Crippen LogP contribution in [0.15, 0.2) is 45.8 Å². The Balaban J connectivity index is 1.78. The summed E-state index contributed by atoms with van der Waals surface area (Å²) in [4.78, 5) is 15.1. The van der Waals surface area contributed by atoms with Gasteiger partial charge in [0.15, 0.2) is 11.7 Å². The van der Waals surface area contributed by atoms with Gasteiger partial charge in [-0.3, -0.25) is 9.79 Å². The maximum Gasteiger partial charge on any atom is 0.284 e. The number of ether oxygens (including phenoxy) is 1. The van der Waals surface area contributed by atoms with Crippen LogP contribution >= 0.6 is 0 Å². The molecule has 1 atom stereocenters. The topological polar surface area (TPSA) is 102 Å². The van der Waals surface area contributed by atoms with E-state index in [0.29, 0.717) is 30.6 Å². The number of nitrogens with zero attached hydrogens (tertiary/aromatic N) is 1. The highest BCUT2D eigenvalue weighted by Gasteiger charge is 2.09. The largest absolute Gasteiger partial charge is 0.489 e. The molecule has 1 unspecified atom stereocenters. The maximum absolute atomic E-state index is 13.1. The third-order valence-electron chi connectivity index (χ3n) is 3.25. The van der Waals surface area contributed by atoms with E-state index < -0.39 is 5.91 Å². The fraction of sp³-hybridized carbons (Fsp3) is 0.294. The van der Waals surface area contributed by atoms with E-state index in [4.69, 9.17) is 14.9 Å². The quantitative estimate of drug-likeness (QED) is 0.522. The van der Waals surface area contributed by atoms with E-state index in [9.17, 15) is 9.18 Å². The lowest BCUT2D eigenvalue weighted by molar-refractivity contribution is 0.0972. The number of guanidine groups is 1. The van der Waals surface area contributed by atoms with Crippen LogP contribution in [-0.2, 0) is 6.54 Å². The van der Waals surface area contributed by atoms with Gasteiger partial charge in [0, 0.05) is 13.1 Å². The summed E-state index contributed by atoms with van der Waals surface area (Å²) in [6, 6.07) is 9.16. The summed E-state index contributed by atoms with van der Waals surface area (Å²) >= 11 is 0. The standard InChI is InChI=1S/C17H21FN4O3/c1-11(24-13-5-3-4-12(18)8-13)9-21-17(20-2)22-10-14-6-7-15(25-14)16(19)23/h3-8,11H,9-10H2,1-2H3,(H2,19,23)(H2,20,21,22). The molecule has 4 N–H and O–H groups in total.